The highest BCUT2D eigenvalue weighted by Crippen LogP contribution is 2.38. The predicted molar refractivity (Wildman–Crippen MR) is 94.2 cm³/mol. The molecular weight excluding hydrogens is 365 g/mol. The van der Waals surface area contributed by atoms with Crippen molar-refractivity contribution in [3.05, 3.63) is 65.1 Å². The first-order chi connectivity index (χ1) is 12.3. The van der Waals surface area contributed by atoms with E-state index in [1.54, 1.807) is 30.5 Å². The second-order valence-corrected chi connectivity index (χ2v) is 6.05. The fourth-order valence-corrected chi connectivity index (χ4v) is 2.82. The molecule has 0 unspecified atom stereocenters. The lowest BCUT2D eigenvalue weighted by Crippen LogP contribution is -2.07. The number of methoxy groups -OCH3 is 1. The van der Waals surface area contributed by atoms with Crippen LogP contribution in [0.2, 0.25) is 5.15 Å². The number of halogens is 4. The monoisotopic (exact) mass is 378 g/mol. The number of nitrogens with zero attached hydrogens (tertiary/aromatic N) is 2. The Labute approximate surface area is 153 Å². The lowest BCUT2D eigenvalue weighted by atomic mass is 10.0. The van der Waals surface area contributed by atoms with Crippen LogP contribution < -0.4 is 4.74 Å². The van der Waals surface area contributed by atoms with Crippen LogP contribution in [0.5, 0.6) is 5.75 Å². The Kier molecular flexibility index (Phi) is 4.87. The Morgan fingerprint density at radius 3 is 2.38 bits per heavy atom. The molecule has 3 nitrogen and oxygen atoms in total. The predicted octanol–water partition coefficient (Wildman–Crippen LogP) is 5.80. The van der Waals surface area contributed by atoms with Crippen molar-refractivity contribution < 1.29 is 17.9 Å². The molecule has 1 aromatic carbocycles. The Hall–Kier alpha value is -2.60. The van der Waals surface area contributed by atoms with E-state index in [1.807, 2.05) is 6.92 Å². The van der Waals surface area contributed by atoms with E-state index in [2.05, 4.69) is 9.97 Å². The number of pyridine rings is 2. The minimum absolute atomic E-state index is 0.224. The smallest absolute Gasteiger partial charge is 0.419 e. The van der Waals surface area contributed by atoms with E-state index in [4.69, 9.17) is 16.3 Å². The number of hydrogen-bond donors (Lipinski definition) is 0. The molecule has 0 aliphatic rings. The van der Waals surface area contributed by atoms with E-state index in [1.165, 1.54) is 19.2 Å². The summed E-state index contributed by atoms with van der Waals surface area (Å²) in [6.07, 6.45) is -2.90. The van der Waals surface area contributed by atoms with Crippen LogP contribution >= 0.6 is 11.6 Å². The molecule has 134 valence electrons. The maximum Gasteiger partial charge on any atom is 0.419 e. The molecule has 0 bridgehead atoms. The van der Waals surface area contributed by atoms with Crippen LogP contribution in [-0.2, 0) is 6.18 Å². The van der Waals surface area contributed by atoms with Gasteiger partial charge in [-0.3, -0.25) is 4.98 Å². The quantitative estimate of drug-likeness (QED) is 0.540. The largest absolute Gasteiger partial charge is 0.496 e. The summed E-state index contributed by atoms with van der Waals surface area (Å²) < 4.78 is 44.1. The summed E-state index contributed by atoms with van der Waals surface area (Å²) in [5.74, 6) is -0.224. The lowest BCUT2D eigenvalue weighted by molar-refractivity contribution is -0.138. The van der Waals surface area contributed by atoms with Gasteiger partial charge >= 0.3 is 6.18 Å². The molecule has 0 saturated heterocycles. The Balaban J connectivity index is 2.10. The van der Waals surface area contributed by atoms with Gasteiger partial charge in [-0.2, -0.15) is 13.2 Å². The van der Waals surface area contributed by atoms with Gasteiger partial charge in [-0.15, -0.1) is 0 Å². The van der Waals surface area contributed by atoms with Gasteiger partial charge in [-0.1, -0.05) is 17.7 Å². The summed E-state index contributed by atoms with van der Waals surface area (Å²) in [5.41, 5.74) is 2.67. The van der Waals surface area contributed by atoms with Crippen molar-refractivity contribution in [1.82, 2.24) is 9.97 Å². The topological polar surface area (TPSA) is 35.0 Å². The first-order valence-electron chi connectivity index (χ1n) is 7.64. The minimum Gasteiger partial charge on any atom is -0.496 e. The molecule has 26 heavy (non-hydrogen) atoms. The molecular formula is C19H14ClF3N2O. The molecule has 0 amide bonds. The SMILES string of the molecule is COc1cc(-c2cc(C)nc(-c3ccnc(Cl)c3)c2)ccc1C(F)(F)F. The Bertz CT molecular complexity index is 958. The van der Waals surface area contributed by atoms with Crippen LogP contribution in [-0.4, -0.2) is 17.1 Å². The fourth-order valence-electron chi connectivity index (χ4n) is 2.65. The highest BCUT2D eigenvalue weighted by atomic mass is 35.5. The Morgan fingerprint density at radius 2 is 1.73 bits per heavy atom. The fraction of sp³-hybridized carbons (Fsp3) is 0.158. The lowest BCUT2D eigenvalue weighted by Gasteiger charge is -2.14. The average Bonchev–Trinajstić information content (AvgIpc) is 2.60. The molecule has 0 aliphatic carbocycles. The molecule has 7 heteroatoms. The summed E-state index contributed by atoms with van der Waals surface area (Å²) in [7, 11) is 1.22. The number of ether oxygens (including phenoxy) is 1. The molecule has 0 fully saturated rings. The third kappa shape index (κ3) is 3.80. The van der Waals surface area contributed by atoms with E-state index in [0.717, 1.165) is 22.9 Å². The molecule has 2 aromatic heterocycles. The summed E-state index contributed by atoms with van der Waals surface area (Å²) >= 11 is 5.93. The molecule has 0 N–H and O–H groups in total. The van der Waals surface area contributed by atoms with Gasteiger partial charge in [0.2, 0.25) is 0 Å². The van der Waals surface area contributed by atoms with Gasteiger partial charge in [0.1, 0.15) is 10.9 Å². The molecule has 3 aromatic rings. The number of alkyl halides is 3. The normalized spacial score (nSPS) is 11.5. The zero-order valence-electron chi connectivity index (χ0n) is 13.9. The second-order valence-electron chi connectivity index (χ2n) is 5.66. The zero-order valence-corrected chi connectivity index (χ0v) is 14.7. The third-order valence-corrected chi connectivity index (χ3v) is 4.02. The summed E-state index contributed by atoms with van der Waals surface area (Å²) in [6, 6.07) is 10.9. The molecule has 0 radical (unpaired) electrons. The van der Waals surface area contributed by atoms with Crippen LogP contribution in [0.15, 0.2) is 48.7 Å². The van der Waals surface area contributed by atoms with Crippen molar-refractivity contribution in [2.75, 3.05) is 7.11 Å². The number of benzene rings is 1. The van der Waals surface area contributed by atoms with Crippen molar-refractivity contribution >= 4 is 11.6 Å². The second kappa shape index (κ2) is 6.96. The van der Waals surface area contributed by atoms with E-state index < -0.39 is 11.7 Å². The maximum atomic E-state index is 13.0. The van der Waals surface area contributed by atoms with Crippen LogP contribution in [0.3, 0.4) is 0 Å². The van der Waals surface area contributed by atoms with Crippen LogP contribution in [0, 0.1) is 6.92 Å². The standard InChI is InChI=1S/C19H14ClF3N2O/c1-11-7-14(8-16(25-11)13-5-6-24-18(20)10-13)12-3-4-15(19(21,22)23)17(9-12)26-2/h3-10H,1-2H3. The van der Waals surface area contributed by atoms with Crippen LogP contribution in [0.25, 0.3) is 22.4 Å². The molecule has 0 saturated carbocycles. The molecule has 0 spiro atoms. The van der Waals surface area contributed by atoms with Gasteiger partial charge < -0.3 is 4.74 Å². The van der Waals surface area contributed by atoms with Crippen LogP contribution in [0.4, 0.5) is 13.2 Å². The van der Waals surface area contributed by atoms with Gasteiger partial charge in [0, 0.05) is 17.5 Å². The summed E-state index contributed by atoms with van der Waals surface area (Å²) in [5, 5.41) is 0.337. The van der Waals surface area contributed by atoms with Crippen molar-refractivity contribution in [1.29, 1.82) is 0 Å². The molecule has 0 atom stereocenters. The molecule has 3 rings (SSSR count). The first kappa shape index (κ1) is 18.2. The van der Waals surface area contributed by atoms with Crippen molar-refractivity contribution in [3.63, 3.8) is 0 Å². The maximum absolute atomic E-state index is 13.0. The van der Waals surface area contributed by atoms with E-state index in [-0.39, 0.29) is 5.75 Å². The zero-order chi connectivity index (χ0) is 18.9. The highest BCUT2D eigenvalue weighted by Gasteiger charge is 2.34. The van der Waals surface area contributed by atoms with Crippen molar-refractivity contribution in [2.24, 2.45) is 0 Å². The van der Waals surface area contributed by atoms with E-state index in [9.17, 15) is 13.2 Å². The number of rotatable bonds is 3. The molecule has 0 aliphatic heterocycles. The molecule has 2 heterocycles. The number of aryl methyl sites for hydroxylation is 1. The van der Waals surface area contributed by atoms with E-state index >= 15 is 0 Å². The summed E-state index contributed by atoms with van der Waals surface area (Å²) in [4.78, 5) is 8.41. The minimum atomic E-state index is -4.48. The van der Waals surface area contributed by atoms with Crippen molar-refractivity contribution in [2.45, 2.75) is 13.1 Å². The third-order valence-electron chi connectivity index (χ3n) is 3.82. The van der Waals surface area contributed by atoms with Gasteiger partial charge in [-0.25, -0.2) is 4.98 Å². The highest BCUT2D eigenvalue weighted by molar-refractivity contribution is 6.29. The number of hydrogen-bond acceptors (Lipinski definition) is 3. The van der Waals surface area contributed by atoms with Crippen LogP contribution in [0.1, 0.15) is 11.3 Å². The average molecular weight is 379 g/mol. The number of aromatic nitrogens is 2. The van der Waals surface area contributed by atoms with Gasteiger partial charge in [0.05, 0.1) is 18.4 Å². The van der Waals surface area contributed by atoms with Crippen molar-refractivity contribution in [3.8, 4) is 28.1 Å². The summed E-state index contributed by atoms with van der Waals surface area (Å²) in [6.45, 7) is 1.82. The first-order valence-corrected chi connectivity index (χ1v) is 8.02. The Morgan fingerprint density at radius 1 is 0.962 bits per heavy atom. The van der Waals surface area contributed by atoms with Gasteiger partial charge in [0.25, 0.3) is 0 Å². The van der Waals surface area contributed by atoms with E-state index in [0.29, 0.717) is 16.4 Å². The van der Waals surface area contributed by atoms with Gasteiger partial charge in [0.15, 0.2) is 0 Å². The van der Waals surface area contributed by atoms with Gasteiger partial charge in [-0.05, 0) is 54.4 Å².